The minimum absolute atomic E-state index is 0. The maximum atomic E-state index is 12.3. The number of nitrogens with two attached hydrogens (primary N) is 1. The van der Waals surface area contributed by atoms with Crippen molar-refractivity contribution >= 4 is 24.1 Å². The first kappa shape index (κ1) is 16.8. The highest BCUT2D eigenvalue weighted by atomic mass is 35.5. The van der Waals surface area contributed by atoms with Gasteiger partial charge in [-0.25, -0.2) is 4.98 Å². The van der Waals surface area contributed by atoms with E-state index >= 15 is 0 Å². The molecule has 0 saturated carbocycles. The number of piperidine rings is 1. The Bertz CT molecular complexity index is 462. The average Bonchev–Trinajstić information content (AvgIpc) is 2.37. The number of halogens is 1. The minimum Gasteiger partial charge on any atom is -0.384 e. The average molecular weight is 298 g/mol. The number of carbonyl (C=O) groups excluding carboxylic acids is 1. The first-order valence-electron chi connectivity index (χ1n) is 6.90. The molecule has 1 aromatic rings. The molecule has 1 amide bonds. The molecule has 0 aromatic carbocycles. The fraction of sp³-hybridized carbons (Fsp3) is 0.600. The van der Waals surface area contributed by atoms with Crippen LogP contribution in [0.2, 0.25) is 0 Å². The van der Waals surface area contributed by atoms with Crippen molar-refractivity contribution in [3.8, 4) is 0 Å². The quantitative estimate of drug-likeness (QED) is 0.867. The molecule has 0 unspecified atom stereocenters. The van der Waals surface area contributed by atoms with Crippen LogP contribution in [0.3, 0.4) is 0 Å². The van der Waals surface area contributed by atoms with Gasteiger partial charge in [-0.05, 0) is 36.3 Å². The van der Waals surface area contributed by atoms with Gasteiger partial charge in [0.15, 0.2) is 0 Å². The van der Waals surface area contributed by atoms with Gasteiger partial charge in [0.1, 0.15) is 11.5 Å². The third-order valence-electron chi connectivity index (χ3n) is 4.00. The van der Waals surface area contributed by atoms with E-state index in [2.05, 4.69) is 25.8 Å². The lowest BCUT2D eigenvalue weighted by molar-refractivity contribution is 0.0603. The molecule has 1 saturated heterocycles. The lowest BCUT2D eigenvalue weighted by Gasteiger charge is -2.38. The maximum absolute atomic E-state index is 12.3. The van der Waals surface area contributed by atoms with E-state index in [0.717, 1.165) is 25.9 Å². The summed E-state index contributed by atoms with van der Waals surface area (Å²) in [6, 6.07) is 5.20. The Morgan fingerprint density at radius 2 is 1.90 bits per heavy atom. The lowest BCUT2D eigenvalue weighted by atomic mass is 9.75. The first-order chi connectivity index (χ1) is 8.88. The number of anilines is 1. The molecule has 0 bridgehead atoms. The molecule has 112 valence electrons. The molecule has 1 aliphatic rings. The fourth-order valence-corrected chi connectivity index (χ4v) is 2.68. The highest BCUT2D eigenvalue weighted by molar-refractivity contribution is 5.92. The Balaban J connectivity index is 0.00000200. The Morgan fingerprint density at radius 3 is 2.40 bits per heavy atom. The number of nitrogen functional groups attached to an aromatic ring is 1. The fourth-order valence-electron chi connectivity index (χ4n) is 2.68. The molecule has 1 aromatic heterocycles. The molecule has 20 heavy (non-hydrogen) atoms. The lowest BCUT2D eigenvalue weighted by Crippen LogP contribution is -2.41. The molecule has 2 N–H and O–H groups in total. The van der Waals surface area contributed by atoms with Gasteiger partial charge in [0.05, 0.1) is 0 Å². The SMILES string of the molecule is CC(C)(C)C1CCN(C(=O)c2cccc(N)n2)CC1.Cl. The van der Waals surface area contributed by atoms with E-state index in [1.807, 2.05) is 4.90 Å². The highest BCUT2D eigenvalue weighted by Crippen LogP contribution is 2.34. The van der Waals surface area contributed by atoms with Gasteiger partial charge in [0.2, 0.25) is 0 Å². The van der Waals surface area contributed by atoms with Crippen LogP contribution in [0.1, 0.15) is 44.1 Å². The second-order valence-corrected chi connectivity index (χ2v) is 6.38. The molecule has 5 heteroatoms. The van der Waals surface area contributed by atoms with E-state index in [0.29, 0.717) is 22.8 Å². The van der Waals surface area contributed by atoms with Crippen molar-refractivity contribution in [1.29, 1.82) is 0 Å². The van der Waals surface area contributed by atoms with Crippen LogP contribution in [-0.2, 0) is 0 Å². The number of nitrogens with zero attached hydrogens (tertiary/aromatic N) is 2. The van der Waals surface area contributed by atoms with E-state index < -0.39 is 0 Å². The normalized spacial score (nSPS) is 16.6. The largest absolute Gasteiger partial charge is 0.384 e. The van der Waals surface area contributed by atoms with Crippen molar-refractivity contribution < 1.29 is 4.79 Å². The van der Waals surface area contributed by atoms with Gasteiger partial charge in [0, 0.05) is 13.1 Å². The van der Waals surface area contributed by atoms with E-state index in [-0.39, 0.29) is 18.3 Å². The summed E-state index contributed by atoms with van der Waals surface area (Å²) < 4.78 is 0. The van der Waals surface area contributed by atoms with Gasteiger partial charge >= 0.3 is 0 Å². The van der Waals surface area contributed by atoms with Crippen molar-refractivity contribution in [3.05, 3.63) is 23.9 Å². The van der Waals surface area contributed by atoms with E-state index in [4.69, 9.17) is 5.73 Å². The minimum atomic E-state index is -0.000316. The molecule has 0 radical (unpaired) electrons. The van der Waals surface area contributed by atoms with Crippen LogP contribution in [0.4, 0.5) is 5.82 Å². The summed E-state index contributed by atoms with van der Waals surface area (Å²) in [7, 11) is 0. The molecular formula is C15H24ClN3O. The second kappa shape index (κ2) is 6.44. The maximum Gasteiger partial charge on any atom is 0.272 e. The predicted octanol–water partition coefficient (Wildman–Crippen LogP) is 2.98. The summed E-state index contributed by atoms with van der Waals surface area (Å²) in [6.07, 6.45) is 2.13. The summed E-state index contributed by atoms with van der Waals surface area (Å²) in [5.74, 6) is 1.08. The predicted molar refractivity (Wildman–Crippen MR) is 84.0 cm³/mol. The van der Waals surface area contributed by atoms with Gasteiger partial charge in [-0.1, -0.05) is 26.8 Å². The van der Waals surface area contributed by atoms with Crippen molar-refractivity contribution in [2.45, 2.75) is 33.6 Å². The Hall–Kier alpha value is -1.29. The van der Waals surface area contributed by atoms with Crippen LogP contribution in [-0.4, -0.2) is 28.9 Å². The highest BCUT2D eigenvalue weighted by Gasteiger charge is 2.30. The zero-order valence-electron chi connectivity index (χ0n) is 12.4. The smallest absolute Gasteiger partial charge is 0.272 e. The molecule has 4 nitrogen and oxygen atoms in total. The van der Waals surface area contributed by atoms with Gasteiger partial charge in [0.25, 0.3) is 5.91 Å². The summed E-state index contributed by atoms with van der Waals surface area (Å²) in [4.78, 5) is 18.3. The van der Waals surface area contributed by atoms with Crippen molar-refractivity contribution in [1.82, 2.24) is 9.88 Å². The van der Waals surface area contributed by atoms with E-state index in [1.54, 1.807) is 18.2 Å². The molecule has 2 rings (SSSR count). The third kappa shape index (κ3) is 3.85. The van der Waals surface area contributed by atoms with Crippen LogP contribution < -0.4 is 5.73 Å². The summed E-state index contributed by atoms with van der Waals surface area (Å²) in [5.41, 5.74) is 6.40. The Labute approximate surface area is 127 Å². The van der Waals surface area contributed by atoms with Gasteiger partial charge in [-0.3, -0.25) is 4.79 Å². The zero-order valence-corrected chi connectivity index (χ0v) is 13.2. The Morgan fingerprint density at radius 1 is 1.30 bits per heavy atom. The number of pyridine rings is 1. The van der Waals surface area contributed by atoms with Crippen LogP contribution in [0.15, 0.2) is 18.2 Å². The number of carbonyl (C=O) groups is 1. The van der Waals surface area contributed by atoms with Crippen LogP contribution in [0, 0.1) is 11.3 Å². The summed E-state index contributed by atoms with van der Waals surface area (Å²) >= 11 is 0. The third-order valence-corrected chi connectivity index (χ3v) is 4.00. The monoisotopic (exact) mass is 297 g/mol. The molecule has 1 fully saturated rings. The molecule has 0 spiro atoms. The first-order valence-corrected chi connectivity index (χ1v) is 6.90. The van der Waals surface area contributed by atoms with Gasteiger partial charge in [-0.15, -0.1) is 12.4 Å². The van der Waals surface area contributed by atoms with E-state index in [9.17, 15) is 4.79 Å². The summed E-state index contributed by atoms with van der Waals surface area (Å²) in [5, 5.41) is 0. The summed E-state index contributed by atoms with van der Waals surface area (Å²) in [6.45, 7) is 8.45. The second-order valence-electron chi connectivity index (χ2n) is 6.38. The van der Waals surface area contributed by atoms with Crippen molar-refractivity contribution in [2.24, 2.45) is 11.3 Å². The number of likely N-dealkylation sites (tertiary alicyclic amines) is 1. The van der Waals surface area contributed by atoms with Crippen LogP contribution in [0.5, 0.6) is 0 Å². The topological polar surface area (TPSA) is 59.2 Å². The molecule has 0 atom stereocenters. The molecule has 2 heterocycles. The van der Waals surface area contributed by atoms with Crippen LogP contribution >= 0.6 is 12.4 Å². The number of amides is 1. The van der Waals surface area contributed by atoms with Crippen molar-refractivity contribution in [2.75, 3.05) is 18.8 Å². The van der Waals surface area contributed by atoms with Gasteiger partial charge < -0.3 is 10.6 Å². The number of hydrogen-bond donors (Lipinski definition) is 1. The molecule has 1 aliphatic heterocycles. The molecule has 0 aliphatic carbocycles. The number of hydrogen-bond acceptors (Lipinski definition) is 3. The number of rotatable bonds is 1. The van der Waals surface area contributed by atoms with Crippen LogP contribution in [0.25, 0.3) is 0 Å². The van der Waals surface area contributed by atoms with Crippen molar-refractivity contribution in [3.63, 3.8) is 0 Å². The zero-order chi connectivity index (χ0) is 14.0. The Kier molecular flexibility index (Phi) is 5.40. The molecular weight excluding hydrogens is 274 g/mol. The number of aromatic nitrogens is 1. The standard InChI is InChI=1S/C15H23N3O.ClH/c1-15(2,3)11-7-9-18(10-8-11)14(19)12-5-4-6-13(16)17-12;/h4-6,11H,7-10H2,1-3H3,(H2,16,17);1H. The van der Waals surface area contributed by atoms with Gasteiger partial charge in [-0.2, -0.15) is 0 Å². The van der Waals surface area contributed by atoms with E-state index in [1.165, 1.54) is 0 Å².